The second-order valence-corrected chi connectivity index (χ2v) is 5.43. The Morgan fingerprint density at radius 1 is 1.15 bits per heavy atom. The third-order valence-corrected chi connectivity index (χ3v) is 3.61. The van der Waals surface area contributed by atoms with Crippen LogP contribution in [0.3, 0.4) is 0 Å². The average molecular weight is 371 g/mol. The van der Waals surface area contributed by atoms with Gasteiger partial charge in [0.25, 0.3) is 17.5 Å². The van der Waals surface area contributed by atoms with Crippen LogP contribution in [0.25, 0.3) is 5.78 Å². The third-order valence-electron chi connectivity index (χ3n) is 3.61. The van der Waals surface area contributed by atoms with Crippen molar-refractivity contribution in [1.29, 1.82) is 0 Å². The lowest BCUT2D eigenvalue weighted by atomic mass is 10.2. The van der Waals surface area contributed by atoms with Crippen molar-refractivity contribution < 1.29 is 23.8 Å². The highest BCUT2D eigenvalue weighted by molar-refractivity contribution is 5.94. The molecule has 0 saturated heterocycles. The number of rotatable bonds is 6. The van der Waals surface area contributed by atoms with Crippen molar-refractivity contribution in [1.82, 2.24) is 19.6 Å². The maximum atomic E-state index is 12.1. The van der Waals surface area contributed by atoms with Gasteiger partial charge in [0, 0.05) is 23.6 Å². The normalized spacial score (nSPS) is 10.5. The van der Waals surface area contributed by atoms with Crippen molar-refractivity contribution in [3.05, 3.63) is 42.0 Å². The minimum Gasteiger partial charge on any atom is -0.493 e. The Kier molecular flexibility index (Phi) is 5.15. The first kappa shape index (κ1) is 18.1. The summed E-state index contributed by atoms with van der Waals surface area (Å²) in [6.07, 6.45) is 1.56. The van der Waals surface area contributed by atoms with E-state index in [1.165, 1.54) is 18.7 Å². The first-order chi connectivity index (χ1) is 13.0. The van der Waals surface area contributed by atoms with Gasteiger partial charge >= 0.3 is 5.97 Å². The molecule has 10 heteroatoms. The van der Waals surface area contributed by atoms with Crippen molar-refractivity contribution in [2.45, 2.75) is 6.92 Å². The van der Waals surface area contributed by atoms with Crippen molar-refractivity contribution in [2.75, 3.05) is 26.1 Å². The van der Waals surface area contributed by atoms with Crippen LogP contribution in [0, 0.1) is 6.92 Å². The molecule has 3 rings (SSSR count). The quantitative estimate of drug-likeness (QED) is 0.643. The molecule has 0 atom stereocenters. The van der Waals surface area contributed by atoms with Gasteiger partial charge in [0.05, 0.1) is 14.2 Å². The number of esters is 1. The summed E-state index contributed by atoms with van der Waals surface area (Å²) in [5.41, 5.74) is 1.23. The molecular formula is C17H17N5O5. The fourth-order valence-corrected chi connectivity index (χ4v) is 2.30. The van der Waals surface area contributed by atoms with E-state index in [0.717, 1.165) is 5.69 Å². The van der Waals surface area contributed by atoms with Gasteiger partial charge in [0.1, 0.15) is 0 Å². The highest BCUT2D eigenvalue weighted by atomic mass is 16.5. The number of ether oxygens (including phenoxy) is 3. The summed E-state index contributed by atoms with van der Waals surface area (Å²) in [6, 6.07) is 6.61. The van der Waals surface area contributed by atoms with E-state index in [9.17, 15) is 9.59 Å². The number of carbonyl (C=O) groups is 2. The molecule has 10 nitrogen and oxygen atoms in total. The molecule has 0 fully saturated rings. The summed E-state index contributed by atoms with van der Waals surface area (Å²) in [5.74, 6) is -0.240. The van der Waals surface area contributed by atoms with Crippen molar-refractivity contribution in [2.24, 2.45) is 0 Å². The van der Waals surface area contributed by atoms with Crippen LogP contribution in [-0.4, -0.2) is 52.3 Å². The largest absolute Gasteiger partial charge is 0.493 e. The zero-order valence-electron chi connectivity index (χ0n) is 14.9. The molecule has 3 aromatic rings. The van der Waals surface area contributed by atoms with Crippen LogP contribution in [0.2, 0.25) is 0 Å². The van der Waals surface area contributed by atoms with Crippen LogP contribution in [0.5, 0.6) is 11.5 Å². The summed E-state index contributed by atoms with van der Waals surface area (Å²) >= 11 is 0. The minimum absolute atomic E-state index is 0.171. The summed E-state index contributed by atoms with van der Waals surface area (Å²) < 4.78 is 16.7. The molecule has 1 N–H and O–H groups in total. The highest BCUT2D eigenvalue weighted by Crippen LogP contribution is 2.29. The Morgan fingerprint density at radius 2 is 1.93 bits per heavy atom. The van der Waals surface area contributed by atoms with Crippen LogP contribution < -0.4 is 14.8 Å². The molecule has 0 radical (unpaired) electrons. The van der Waals surface area contributed by atoms with Gasteiger partial charge in [-0.15, -0.1) is 5.10 Å². The Bertz CT molecular complexity index is 1000. The van der Waals surface area contributed by atoms with Crippen LogP contribution in [0.1, 0.15) is 16.3 Å². The minimum atomic E-state index is -0.817. The molecule has 0 spiro atoms. The van der Waals surface area contributed by atoms with Gasteiger partial charge in [-0.05, 0) is 25.1 Å². The highest BCUT2D eigenvalue weighted by Gasteiger charge is 2.17. The Hall–Kier alpha value is -3.69. The van der Waals surface area contributed by atoms with E-state index in [-0.39, 0.29) is 11.6 Å². The lowest BCUT2D eigenvalue weighted by Gasteiger charge is -2.10. The zero-order chi connectivity index (χ0) is 19.4. The van der Waals surface area contributed by atoms with Gasteiger partial charge in [-0.3, -0.25) is 4.79 Å². The van der Waals surface area contributed by atoms with E-state index in [0.29, 0.717) is 17.2 Å². The molecule has 140 valence electrons. The molecule has 0 unspecified atom stereocenters. The molecule has 2 aromatic heterocycles. The number of hydrogen-bond acceptors (Lipinski definition) is 8. The number of anilines is 1. The van der Waals surface area contributed by atoms with Crippen molar-refractivity contribution >= 4 is 23.3 Å². The second kappa shape index (κ2) is 7.68. The smallest absolute Gasteiger partial charge is 0.378 e. The lowest BCUT2D eigenvalue weighted by Crippen LogP contribution is -2.21. The molecule has 0 saturated carbocycles. The van der Waals surface area contributed by atoms with Gasteiger partial charge in [0.2, 0.25) is 0 Å². The van der Waals surface area contributed by atoms with Crippen molar-refractivity contribution in [3.63, 3.8) is 0 Å². The van der Waals surface area contributed by atoms with E-state index < -0.39 is 18.5 Å². The molecule has 0 aliphatic rings. The van der Waals surface area contributed by atoms with Crippen LogP contribution in [-0.2, 0) is 9.53 Å². The summed E-state index contributed by atoms with van der Waals surface area (Å²) in [7, 11) is 3.00. The maximum Gasteiger partial charge on any atom is 0.378 e. The van der Waals surface area contributed by atoms with Crippen molar-refractivity contribution in [3.8, 4) is 11.5 Å². The van der Waals surface area contributed by atoms with Gasteiger partial charge in [0.15, 0.2) is 18.1 Å². The van der Waals surface area contributed by atoms with E-state index in [1.54, 1.807) is 37.4 Å². The van der Waals surface area contributed by atoms with Gasteiger partial charge < -0.3 is 19.5 Å². The summed E-state index contributed by atoms with van der Waals surface area (Å²) in [5, 5.41) is 6.62. The zero-order valence-corrected chi connectivity index (χ0v) is 14.9. The molecule has 1 amide bonds. The first-order valence-electron chi connectivity index (χ1n) is 7.89. The molecule has 2 heterocycles. The Morgan fingerprint density at radius 3 is 2.63 bits per heavy atom. The molecule has 0 aliphatic carbocycles. The fourth-order valence-electron chi connectivity index (χ4n) is 2.30. The molecule has 0 bridgehead atoms. The number of amides is 1. The van der Waals surface area contributed by atoms with Crippen LogP contribution >= 0.6 is 0 Å². The standard InChI is InChI=1S/C17H17N5O5/c1-10-6-7-18-17-20-15(21-22(10)17)16(24)27-9-14(23)19-11-4-5-12(25-2)13(8-11)26-3/h4-8H,9H2,1-3H3,(H,19,23). The first-order valence-corrected chi connectivity index (χ1v) is 7.89. The second-order valence-electron chi connectivity index (χ2n) is 5.43. The number of hydrogen-bond donors (Lipinski definition) is 1. The van der Waals surface area contributed by atoms with Gasteiger partial charge in [-0.2, -0.15) is 4.98 Å². The third kappa shape index (κ3) is 3.94. The maximum absolute atomic E-state index is 12.1. The number of methoxy groups -OCH3 is 2. The number of carbonyl (C=O) groups excluding carboxylic acids is 2. The molecular weight excluding hydrogens is 354 g/mol. The number of benzene rings is 1. The lowest BCUT2D eigenvalue weighted by molar-refractivity contribution is -0.119. The molecule has 1 aromatic carbocycles. The van der Waals surface area contributed by atoms with E-state index >= 15 is 0 Å². The topological polar surface area (TPSA) is 117 Å². The number of nitrogens with zero attached hydrogens (tertiary/aromatic N) is 4. The molecule has 0 aliphatic heterocycles. The van der Waals surface area contributed by atoms with Crippen LogP contribution in [0.4, 0.5) is 5.69 Å². The van der Waals surface area contributed by atoms with E-state index in [4.69, 9.17) is 14.2 Å². The van der Waals surface area contributed by atoms with Gasteiger partial charge in [-0.1, -0.05) is 0 Å². The summed E-state index contributed by atoms with van der Waals surface area (Å²) in [6.45, 7) is 1.31. The number of nitrogens with one attached hydrogen (secondary N) is 1. The SMILES string of the molecule is COc1ccc(NC(=O)COC(=O)c2nc3nccc(C)n3n2)cc1OC. The number of aromatic nitrogens is 4. The number of fused-ring (bicyclic) bond motifs is 1. The predicted octanol–water partition coefficient (Wildman–Crippen LogP) is 1.25. The Labute approximate surface area is 154 Å². The van der Waals surface area contributed by atoms with Gasteiger partial charge in [-0.25, -0.2) is 14.3 Å². The van der Waals surface area contributed by atoms with Crippen LogP contribution in [0.15, 0.2) is 30.5 Å². The summed E-state index contributed by atoms with van der Waals surface area (Å²) in [4.78, 5) is 32.1. The number of aryl methyl sites for hydroxylation is 1. The van der Waals surface area contributed by atoms with E-state index in [2.05, 4.69) is 20.4 Å². The molecule has 27 heavy (non-hydrogen) atoms. The predicted molar refractivity (Wildman–Crippen MR) is 94.0 cm³/mol. The van der Waals surface area contributed by atoms with E-state index in [1.807, 2.05) is 0 Å². The average Bonchev–Trinajstić information content (AvgIpc) is 3.12. The fraction of sp³-hybridized carbons (Fsp3) is 0.235. The Balaban J connectivity index is 1.61. The monoisotopic (exact) mass is 371 g/mol.